The van der Waals surface area contributed by atoms with Gasteiger partial charge in [-0.15, -0.1) is 0 Å². The van der Waals surface area contributed by atoms with Gasteiger partial charge < -0.3 is 0 Å². The van der Waals surface area contributed by atoms with Gasteiger partial charge >= 0.3 is 0 Å². The molecule has 140 valence electrons. The van der Waals surface area contributed by atoms with Crippen LogP contribution in [0, 0.1) is 20.8 Å². The minimum absolute atomic E-state index is 1.18. The van der Waals surface area contributed by atoms with Crippen molar-refractivity contribution in [3.05, 3.63) is 17.2 Å². The third kappa shape index (κ3) is 8.89. The van der Waals surface area contributed by atoms with Crippen LogP contribution in [0.3, 0.4) is 0 Å². The van der Waals surface area contributed by atoms with Crippen molar-refractivity contribution in [3.63, 3.8) is 0 Å². The van der Waals surface area contributed by atoms with Crippen molar-refractivity contribution in [2.24, 2.45) is 0 Å². The summed E-state index contributed by atoms with van der Waals surface area (Å²) in [5.74, 6) is 1.31. The summed E-state index contributed by atoms with van der Waals surface area (Å²) in [6.45, 7) is 10.1. The van der Waals surface area contributed by atoms with E-state index in [0.29, 0.717) is 0 Å². The van der Waals surface area contributed by atoms with E-state index in [0.717, 1.165) is 0 Å². The largest absolute Gasteiger partial charge is 0.251 e. The molecule has 0 bridgehead atoms. The van der Waals surface area contributed by atoms with Crippen LogP contribution in [-0.2, 0) is 6.54 Å². The highest BCUT2D eigenvalue weighted by molar-refractivity contribution is 5.02. The van der Waals surface area contributed by atoms with Crippen molar-refractivity contribution in [2.45, 2.75) is 124 Å². The second kappa shape index (κ2) is 13.5. The molecule has 1 N–H and O–H groups in total. The SMILES string of the molecule is CCCCCCCCCCCCCCCC[n+]1c(C)[nH]c(C)c1C. The first-order valence-corrected chi connectivity index (χ1v) is 10.7. The fourth-order valence-electron chi connectivity index (χ4n) is 3.68. The molecule has 0 aliphatic heterocycles. The fraction of sp³-hybridized carbons (Fsp3) is 0.864. The van der Waals surface area contributed by atoms with Crippen LogP contribution in [-0.4, -0.2) is 4.98 Å². The van der Waals surface area contributed by atoms with E-state index in [1.54, 1.807) is 0 Å². The maximum absolute atomic E-state index is 3.44. The number of H-pyrrole nitrogens is 1. The number of rotatable bonds is 15. The van der Waals surface area contributed by atoms with Gasteiger partial charge in [-0.05, 0) is 12.8 Å². The maximum Gasteiger partial charge on any atom is 0.251 e. The lowest BCUT2D eigenvalue weighted by atomic mass is 10.0. The van der Waals surface area contributed by atoms with Gasteiger partial charge in [-0.3, -0.25) is 0 Å². The molecule has 2 nitrogen and oxygen atoms in total. The van der Waals surface area contributed by atoms with Gasteiger partial charge in [0.1, 0.15) is 11.4 Å². The van der Waals surface area contributed by atoms with E-state index in [1.165, 1.54) is 114 Å². The molecule has 0 aliphatic rings. The fourth-order valence-corrected chi connectivity index (χ4v) is 3.68. The lowest BCUT2D eigenvalue weighted by Crippen LogP contribution is -2.38. The van der Waals surface area contributed by atoms with E-state index < -0.39 is 0 Å². The van der Waals surface area contributed by atoms with Crippen LogP contribution in [0.2, 0.25) is 0 Å². The average molecular weight is 336 g/mol. The van der Waals surface area contributed by atoms with E-state index in [4.69, 9.17) is 0 Å². The van der Waals surface area contributed by atoms with Crippen molar-refractivity contribution in [1.82, 2.24) is 4.98 Å². The van der Waals surface area contributed by atoms with Crippen molar-refractivity contribution in [1.29, 1.82) is 0 Å². The first kappa shape index (κ1) is 21.3. The minimum atomic E-state index is 1.18. The summed E-state index contributed by atoms with van der Waals surface area (Å²) < 4.78 is 2.44. The molecular formula is C22H43N2+. The van der Waals surface area contributed by atoms with Gasteiger partial charge in [0.05, 0.1) is 6.54 Å². The average Bonchev–Trinajstić information content (AvgIpc) is 2.81. The topological polar surface area (TPSA) is 19.7 Å². The first-order chi connectivity index (χ1) is 11.7. The maximum atomic E-state index is 3.44. The number of aryl methyl sites for hydroxylation is 2. The molecule has 0 amide bonds. The zero-order chi connectivity index (χ0) is 17.6. The van der Waals surface area contributed by atoms with Crippen LogP contribution < -0.4 is 4.57 Å². The third-order valence-electron chi connectivity index (χ3n) is 5.46. The lowest BCUT2D eigenvalue weighted by Gasteiger charge is -2.04. The van der Waals surface area contributed by atoms with Gasteiger partial charge in [0.25, 0.3) is 5.82 Å². The molecule has 1 aromatic heterocycles. The molecule has 0 radical (unpaired) electrons. The highest BCUT2D eigenvalue weighted by Gasteiger charge is 2.13. The minimum Gasteiger partial charge on any atom is -0.245 e. The monoisotopic (exact) mass is 335 g/mol. The Morgan fingerprint density at radius 3 is 1.42 bits per heavy atom. The van der Waals surface area contributed by atoms with Crippen LogP contribution in [0.25, 0.3) is 0 Å². The molecule has 1 aromatic rings. The molecule has 0 atom stereocenters. The Morgan fingerprint density at radius 2 is 1.04 bits per heavy atom. The van der Waals surface area contributed by atoms with E-state index in [-0.39, 0.29) is 0 Å². The third-order valence-corrected chi connectivity index (χ3v) is 5.46. The number of hydrogen-bond acceptors (Lipinski definition) is 0. The number of unbranched alkanes of at least 4 members (excludes halogenated alkanes) is 13. The summed E-state index contributed by atoms with van der Waals surface area (Å²) >= 11 is 0. The van der Waals surface area contributed by atoms with Crippen LogP contribution in [0.4, 0.5) is 0 Å². The molecule has 24 heavy (non-hydrogen) atoms. The Balaban J connectivity index is 1.86. The Bertz CT molecular complexity index is 420. The molecule has 2 heteroatoms. The van der Waals surface area contributed by atoms with Gasteiger partial charge in [0.15, 0.2) is 0 Å². The Hall–Kier alpha value is -0.790. The summed E-state index contributed by atoms with van der Waals surface area (Å²) in [4.78, 5) is 3.44. The molecule has 0 spiro atoms. The van der Waals surface area contributed by atoms with Gasteiger partial charge in [0.2, 0.25) is 0 Å². The van der Waals surface area contributed by atoms with Crippen molar-refractivity contribution in [3.8, 4) is 0 Å². The summed E-state index contributed by atoms with van der Waals surface area (Å²) in [5.41, 5.74) is 2.72. The van der Waals surface area contributed by atoms with Gasteiger partial charge in [-0.2, -0.15) is 0 Å². The highest BCUT2D eigenvalue weighted by Crippen LogP contribution is 2.13. The smallest absolute Gasteiger partial charge is 0.245 e. The standard InChI is InChI=1S/C22H42N2/c1-5-6-7-8-9-10-11-12-13-14-15-16-17-18-19-24-21(3)20(2)23-22(24)4/h5-19H2,1-4H3/p+1. The molecule has 0 saturated heterocycles. The molecule has 0 unspecified atom stereocenters. The second-order valence-electron chi connectivity index (χ2n) is 7.67. The van der Waals surface area contributed by atoms with Crippen molar-refractivity contribution in [2.75, 3.05) is 0 Å². The zero-order valence-corrected chi connectivity index (χ0v) is 17.1. The molecule has 1 rings (SSSR count). The number of imidazole rings is 1. The predicted molar refractivity (Wildman–Crippen MR) is 106 cm³/mol. The number of aromatic nitrogens is 2. The molecule has 1 heterocycles. The van der Waals surface area contributed by atoms with Crippen LogP contribution in [0.5, 0.6) is 0 Å². The van der Waals surface area contributed by atoms with E-state index >= 15 is 0 Å². The van der Waals surface area contributed by atoms with E-state index in [9.17, 15) is 0 Å². The summed E-state index contributed by atoms with van der Waals surface area (Å²) in [7, 11) is 0. The normalized spacial score (nSPS) is 11.3. The Labute approximate surface area is 151 Å². The van der Waals surface area contributed by atoms with Crippen LogP contribution in [0.15, 0.2) is 0 Å². The van der Waals surface area contributed by atoms with Crippen molar-refractivity contribution >= 4 is 0 Å². The van der Waals surface area contributed by atoms with Gasteiger partial charge in [-0.25, -0.2) is 9.55 Å². The van der Waals surface area contributed by atoms with E-state index in [2.05, 4.69) is 37.2 Å². The molecule has 0 fully saturated rings. The highest BCUT2D eigenvalue weighted by atomic mass is 15.1. The zero-order valence-electron chi connectivity index (χ0n) is 17.1. The molecule has 0 aromatic carbocycles. The second-order valence-corrected chi connectivity index (χ2v) is 7.67. The molecule has 0 aliphatic carbocycles. The Kier molecular flexibility index (Phi) is 12.0. The van der Waals surface area contributed by atoms with Crippen molar-refractivity contribution < 1.29 is 4.57 Å². The van der Waals surface area contributed by atoms with E-state index in [1.807, 2.05) is 0 Å². The quantitative estimate of drug-likeness (QED) is 0.271. The van der Waals surface area contributed by atoms with Crippen LogP contribution in [0.1, 0.15) is 114 Å². The lowest BCUT2D eigenvalue weighted by molar-refractivity contribution is -0.707. The molecular weight excluding hydrogens is 292 g/mol. The number of hydrogen-bond donors (Lipinski definition) is 1. The first-order valence-electron chi connectivity index (χ1n) is 10.7. The summed E-state index contributed by atoms with van der Waals surface area (Å²) in [6, 6.07) is 0. The summed E-state index contributed by atoms with van der Waals surface area (Å²) in [5, 5.41) is 0. The van der Waals surface area contributed by atoms with Crippen LogP contribution >= 0.6 is 0 Å². The number of nitrogens with zero attached hydrogens (tertiary/aromatic N) is 1. The predicted octanol–water partition coefficient (Wildman–Crippen LogP) is 6.71. The number of nitrogens with one attached hydrogen (secondary N) is 1. The molecule has 0 saturated carbocycles. The Morgan fingerprint density at radius 1 is 0.625 bits per heavy atom. The van der Waals surface area contributed by atoms with Gasteiger partial charge in [0, 0.05) is 20.8 Å². The number of aromatic amines is 1. The summed E-state index contributed by atoms with van der Waals surface area (Å²) in [6.07, 6.45) is 20.0. The van der Waals surface area contributed by atoms with Gasteiger partial charge in [-0.1, -0.05) is 84.0 Å².